The number of nitrogens with one attached hydrogen (secondary N) is 1. The zero-order valence-electron chi connectivity index (χ0n) is 12.6. The number of urea groups is 1. The van der Waals surface area contributed by atoms with Crippen molar-refractivity contribution >= 4 is 12.0 Å². The van der Waals surface area contributed by atoms with Crippen molar-refractivity contribution < 1.29 is 32.3 Å². The molecule has 0 saturated carbocycles. The van der Waals surface area contributed by atoms with Gasteiger partial charge in [-0.3, -0.25) is 4.79 Å². The molecule has 0 bridgehead atoms. The van der Waals surface area contributed by atoms with E-state index in [1.807, 2.05) is 0 Å². The zero-order valence-corrected chi connectivity index (χ0v) is 12.6. The van der Waals surface area contributed by atoms with Crippen molar-refractivity contribution in [1.82, 2.24) is 10.2 Å². The predicted octanol–water partition coefficient (Wildman–Crippen LogP) is 2.55. The van der Waals surface area contributed by atoms with Crippen molar-refractivity contribution in [2.45, 2.75) is 26.1 Å². The molecule has 1 aliphatic heterocycles. The van der Waals surface area contributed by atoms with Crippen LogP contribution in [-0.4, -0.2) is 41.3 Å². The summed E-state index contributed by atoms with van der Waals surface area (Å²) in [6.45, 7) is 2.21. The summed E-state index contributed by atoms with van der Waals surface area (Å²) in [6, 6.07) is 2.07. The molecule has 1 saturated heterocycles. The minimum absolute atomic E-state index is 0.470. The molecule has 6 nitrogen and oxygen atoms in total. The number of rotatable bonds is 3. The van der Waals surface area contributed by atoms with Crippen molar-refractivity contribution in [2.24, 2.45) is 11.8 Å². The van der Waals surface area contributed by atoms with Gasteiger partial charge in [-0.2, -0.15) is 13.2 Å². The highest BCUT2D eigenvalue weighted by molar-refractivity contribution is 5.78. The molecule has 2 N–H and O–H groups in total. The minimum Gasteiger partial charge on any atom is -0.481 e. The molecule has 1 aromatic rings. The van der Waals surface area contributed by atoms with Crippen LogP contribution in [0, 0.1) is 18.8 Å². The number of aliphatic carboxylic acids is 1. The van der Waals surface area contributed by atoms with Gasteiger partial charge in [0.2, 0.25) is 0 Å². The van der Waals surface area contributed by atoms with E-state index in [4.69, 9.17) is 9.52 Å². The Morgan fingerprint density at radius 3 is 2.48 bits per heavy atom. The number of aryl methyl sites for hydroxylation is 1. The van der Waals surface area contributed by atoms with E-state index >= 15 is 0 Å². The van der Waals surface area contributed by atoms with Crippen molar-refractivity contribution in [2.75, 3.05) is 13.1 Å². The molecule has 23 heavy (non-hydrogen) atoms. The molecule has 3 atom stereocenters. The molecule has 0 radical (unpaired) electrons. The van der Waals surface area contributed by atoms with Crippen LogP contribution in [0.4, 0.5) is 18.0 Å². The van der Waals surface area contributed by atoms with Gasteiger partial charge in [0.25, 0.3) is 0 Å². The maximum absolute atomic E-state index is 12.9. The van der Waals surface area contributed by atoms with Crippen molar-refractivity contribution in [3.8, 4) is 0 Å². The lowest BCUT2D eigenvalue weighted by Crippen LogP contribution is -2.40. The van der Waals surface area contributed by atoms with Crippen LogP contribution in [0.25, 0.3) is 0 Å². The Morgan fingerprint density at radius 1 is 1.39 bits per heavy atom. The molecule has 0 aromatic carbocycles. The summed E-state index contributed by atoms with van der Waals surface area (Å²) in [6.07, 6.45) is -4.66. The van der Waals surface area contributed by atoms with Crippen LogP contribution < -0.4 is 5.32 Å². The Bertz CT molecular complexity index is 599. The molecule has 128 valence electrons. The van der Waals surface area contributed by atoms with Gasteiger partial charge in [-0.15, -0.1) is 0 Å². The van der Waals surface area contributed by atoms with Crippen LogP contribution in [-0.2, 0) is 4.79 Å². The van der Waals surface area contributed by atoms with Crippen LogP contribution >= 0.6 is 0 Å². The first-order valence-electron chi connectivity index (χ1n) is 7.01. The highest BCUT2D eigenvalue weighted by atomic mass is 19.4. The lowest BCUT2D eigenvalue weighted by molar-refractivity contribution is -0.187. The summed E-state index contributed by atoms with van der Waals surface area (Å²) in [5.74, 6) is -4.16. The van der Waals surface area contributed by atoms with Crippen molar-refractivity contribution in [3.63, 3.8) is 0 Å². The Labute approximate surface area is 130 Å². The van der Waals surface area contributed by atoms with E-state index in [-0.39, 0.29) is 0 Å². The lowest BCUT2D eigenvalue weighted by Gasteiger charge is -2.20. The summed E-state index contributed by atoms with van der Waals surface area (Å²) >= 11 is 0. The van der Waals surface area contributed by atoms with Gasteiger partial charge in [0, 0.05) is 13.1 Å². The number of hydrogen-bond acceptors (Lipinski definition) is 3. The summed E-state index contributed by atoms with van der Waals surface area (Å²) in [5, 5.41) is 11.5. The second-order valence-electron chi connectivity index (χ2n) is 5.62. The van der Waals surface area contributed by atoms with Gasteiger partial charge < -0.3 is 19.7 Å². The summed E-state index contributed by atoms with van der Waals surface area (Å²) in [5.41, 5.74) is 0. The number of nitrogens with zero attached hydrogens (tertiary/aromatic N) is 1. The molecule has 1 unspecified atom stereocenters. The number of alkyl halides is 3. The van der Waals surface area contributed by atoms with E-state index in [1.165, 1.54) is 0 Å². The van der Waals surface area contributed by atoms with Crippen LogP contribution in [0.1, 0.15) is 24.5 Å². The van der Waals surface area contributed by atoms with E-state index < -0.39 is 49.1 Å². The molecule has 0 aliphatic carbocycles. The van der Waals surface area contributed by atoms with Gasteiger partial charge in [0.05, 0.1) is 17.9 Å². The molecule has 1 fully saturated rings. The maximum atomic E-state index is 12.9. The first-order valence-corrected chi connectivity index (χ1v) is 7.01. The Hall–Kier alpha value is -2.19. The molecule has 2 heterocycles. The number of hydrogen-bond donors (Lipinski definition) is 2. The van der Waals surface area contributed by atoms with Crippen LogP contribution in [0.5, 0.6) is 0 Å². The number of furan rings is 1. The number of likely N-dealkylation sites (tertiary alicyclic amines) is 1. The van der Waals surface area contributed by atoms with Gasteiger partial charge >= 0.3 is 18.2 Å². The second kappa shape index (κ2) is 6.13. The van der Waals surface area contributed by atoms with Gasteiger partial charge in [-0.25, -0.2) is 4.79 Å². The summed E-state index contributed by atoms with van der Waals surface area (Å²) in [7, 11) is 0. The molecule has 1 aliphatic rings. The largest absolute Gasteiger partial charge is 0.481 e. The molecule has 2 rings (SSSR count). The zero-order chi connectivity index (χ0) is 17.4. The third-order valence-electron chi connectivity index (χ3n) is 3.87. The van der Waals surface area contributed by atoms with Crippen LogP contribution in [0.3, 0.4) is 0 Å². The molecule has 9 heteroatoms. The second-order valence-corrected chi connectivity index (χ2v) is 5.62. The fourth-order valence-electron chi connectivity index (χ4n) is 2.59. The topological polar surface area (TPSA) is 82.8 Å². The van der Waals surface area contributed by atoms with E-state index in [0.29, 0.717) is 11.5 Å². The van der Waals surface area contributed by atoms with Crippen LogP contribution in [0.15, 0.2) is 16.5 Å². The maximum Gasteiger partial charge on any atom is 0.394 e. The van der Waals surface area contributed by atoms with Crippen molar-refractivity contribution in [1.29, 1.82) is 0 Å². The SMILES string of the molecule is Cc1ccc(C(C)NC(=O)N2C[C@@H](C(F)(F)F)[C@H](C(=O)O)C2)o1. The molecule has 0 spiro atoms. The normalized spacial score (nSPS) is 22.9. The molecular formula is C14H17F3N2O4. The Kier molecular flexibility index (Phi) is 4.58. The fourth-order valence-corrected chi connectivity index (χ4v) is 2.59. The number of amides is 2. The standard InChI is InChI=1S/C14H17F3N2O4/c1-7-3-4-11(23-7)8(2)18-13(22)19-5-9(12(20)21)10(6-19)14(15,16)17/h3-4,8-10H,5-6H2,1-2H3,(H,18,22)(H,20,21)/t8?,9-,10-/m1/s1. The smallest absolute Gasteiger partial charge is 0.394 e. The van der Waals surface area contributed by atoms with Gasteiger partial charge in [-0.1, -0.05) is 0 Å². The number of halogens is 3. The summed E-state index contributed by atoms with van der Waals surface area (Å²) < 4.78 is 44.0. The first kappa shape index (κ1) is 17.2. The summed E-state index contributed by atoms with van der Waals surface area (Å²) in [4.78, 5) is 24.0. The van der Waals surface area contributed by atoms with Gasteiger partial charge in [0.15, 0.2) is 0 Å². The number of carbonyl (C=O) groups is 2. The fraction of sp³-hybridized carbons (Fsp3) is 0.571. The molecule has 1 aromatic heterocycles. The highest BCUT2D eigenvalue weighted by Gasteiger charge is 2.53. The average Bonchev–Trinajstić information content (AvgIpc) is 3.03. The van der Waals surface area contributed by atoms with Crippen LogP contribution in [0.2, 0.25) is 0 Å². The quantitative estimate of drug-likeness (QED) is 0.890. The third kappa shape index (κ3) is 3.77. The molecular weight excluding hydrogens is 317 g/mol. The van der Waals surface area contributed by atoms with E-state index in [0.717, 1.165) is 4.90 Å². The lowest BCUT2D eigenvalue weighted by atomic mass is 9.96. The Morgan fingerprint density at radius 2 is 2.04 bits per heavy atom. The number of carboxylic acids is 1. The van der Waals surface area contributed by atoms with E-state index in [1.54, 1.807) is 26.0 Å². The number of carbonyl (C=O) groups excluding carboxylic acids is 1. The van der Waals surface area contributed by atoms with Gasteiger partial charge in [-0.05, 0) is 26.0 Å². The minimum atomic E-state index is -4.66. The number of carboxylic acid groups (broad SMARTS) is 1. The van der Waals surface area contributed by atoms with E-state index in [9.17, 15) is 22.8 Å². The Balaban J connectivity index is 2.04. The highest BCUT2D eigenvalue weighted by Crippen LogP contribution is 2.37. The van der Waals surface area contributed by atoms with Gasteiger partial charge in [0.1, 0.15) is 11.5 Å². The average molecular weight is 334 g/mol. The van der Waals surface area contributed by atoms with Crippen molar-refractivity contribution in [3.05, 3.63) is 23.7 Å². The monoisotopic (exact) mass is 334 g/mol. The van der Waals surface area contributed by atoms with E-state index in [2.05, 4.69) is 5.32 Å². The molecule has 2 amide bonds. The third-order valence-corrected chi connectivity index (χ3v) is 3.87. The first-order chi connectivity index (χ1) is 10.6. The predicted molar refractivity (Wildman–Crippen MR) is 72.6 cm³/mol.